The van der Waals surface area contributed by atoms with Crippen molar-refractivity contribution in [2.75, 3.05) is 19.2 Å². The van der Waals surface area contributed by atoms with Gasteiger partial charge in [-0.25, -0.2) is 9.48 Å². The normalized spacial score (nSPS) is 11.9. The maximum Gasteiger partial charge on any atom is 0.360 e. The van der Waals surface area contributed by atoms with Gasteiger partial charge in [0.15, 0.2) is 17.2 Å². The first-order chi connectivity index (χ1) is 15.6. The second-order valence-corrected chi connectivity index (χ2v) is 6.78. The van der Waals surface area contributed by atoms with E-state index in [1.807, 2.05) is 12.1 Å². The van der Waals surface area contributed by atoms with Crippen molar-refractivity contribution < 1.29 is 23.8 Å². The van der Waals surface area contributed by atoms with Gasteiger partial charge in [-0.1, -0.05) is 5.21 Å². The molecular weight excluding hydrogens is 416 g/mol. The molecule has 5 rings (SSSR count). The lowest BCUT2D eigenvalue weighted by Gasteiger charge is -2.05. The number of aromatic nitrogens is 5. The summed E-state index contributed by atoms with van der Waals surface area (Å²) in [5.41, 5.74) is 3.05. The highest BCUT2D eigenvalue weighted by Gasteiger charge is 2.17. The lowest BCUT2D eigenvalue weighted by molar-refractivity contribution is 0.0593. The third-order valence-electron chi connectivity index (χ3n) is 4.77. The van der Waals surface area contributed by atoms with Gasteiger partial charge in [0.2, 0.25) is 6.79 Å². The smallest absolute Gasteiger partial charge is 0.360 e. The summed E-state index contributed by atoms with van der Waals surface area (Å²) in [4.78, 5) is 24.1. The first-order valence-electron chi connectivity index (χ1n) is 9.48. The largest absolute Gasteiger partial charge is 0.464 e. The van der Waals surface area contributed by atoms with Crippen molar-refractivity contribution in [3.63, 3.8) is 0 Å². The molecule has 1 amide bonds. The molecule has 4 aromatic rings. The number of H-pyrrole nitrogens is 1. The fourth-order valence-corrected chi connectivity index (χ4v) is 3.13. The Hall–Kier alpha value is -4.67. The molecule has 0 saturated heterocycles. The zero-order chi connectivity index (χ0) is 22.1. The molecule has 11 nitrogen and oxygen atoms in total. The van der Waals surface area contributed by atoms with E-state index in [0.29, 0.717) is 34.3 Å². The number of nitrogens with one attached hydrogen (secondary N) is 2. The number of rotatable bonds is 5. The highest BCUT2D eigenvalue weighted by Crippen LogP contribution is 2.35. The molecule has 1 aliphatic rings. The lowest BCUT2D eigenvalue weighted by Crippen LogP contribution is -2.12. The molecule has 0 fully saturated rings. The third-order valence-corrected chi connectivity index (χ3v) is 4.77. The summed E-state index contributed by atoms with van der Waals surface area (Å²) >= 11 is 0. The zero-order valence-corrected chi connectivity index (χ0v) is 16.7. The molecular formula is C21H16N6O5. The maximum atomic E-state index is 12.6. The summed E-state index contributed by atoms with van der Waals surface area (Å²) in [5.74, 6) is 0.409. The zero-order valence-electron chi connectivity index (χ0n) is 16.7. The molecule has 0 saturated carbocycles. The van der Waals surface area contributed by atoms with Crippen LogP contribution in [0, 0.1) is 0 Å². The predicted molar refractivity (Wildman–Crippen MR) is 111 cm³/mol. The molecule has 1 aliphatic heterocycles. The van der Waals surface area contributed by atoms with Gasteiger partial charge in [0.1, 0.15) is 5.69 Å². The van der Waals surface area contributed by atoms with Crippen LogP contribution in [0.4, 0.5) is 5.69 Å². The van der Waals surface area contributed by atoms with E-state index in [9.17, 15) is 9.59 Å². The monoisotopic (exact) mass is 432 g/mol. The molecule has 0 bridgehead atoms. The van der Waals surface area contributed by atoms with Gasteiger partial charge in [-0.3, -0.25) is 9.89 Å². The number of esters is 1. The number of benzene rings is 2. The van der Waals surface area contributed by atoms with E-state index >= 15 is 0 Å². The van der Waals surface area contributed by atoms with Crippen molar-refractivity contribution in [1.82, 2.24) is 25.2 Å². The first-order valence-corrected chi connectivity index (χ1v) is 9.48. The molecule has 2 aromatic heterocycles. The molecule has 2 N–H and O–H groups in total. The number of aromatic amines is 1. The van der Waals surface area contributed by atoms with E-state index in [2.05, 4.69) is 30.6 Å². The minimum Gasteiger partial charge on any atom is -0.464 e. The van der Waals surface area contributed by atoms with Crippen LogP contribution in [-0.2, 0) is 4.74 Å². The Balaban J connectivity index is 1.27. The minimum atomic E-state index is -0.570. The van der Waals surface area contributed by atoms with Crippen LogP contribution in [0.5, 0.6) is 11.5 Å². The number of hydrogen-bond acceptors (Lipinski definition) is 8. The van der Waals surface area contributed by atoms with E-state index < -0.39 is 5.97 Å². The Morgan fingerprint density at radius 2 is 1.91 bits per heavy atom. The molecule has 3 heterocycles. The van der Waals surface area contributed by atoms with Crippen LogP contribution in [0.25, 0.3) is 16.9 Å². The summed E-state index contributed by atoms with van der Waals surface area (Å²) in [6.07, 6.45) is 1.46. The topological polar surface area (TPSA) is 133 Å². The SMILES string of the molecule is COC(=O)c1cn(-c2ccc(NC(=O)c3cc(-c4ccc5c(c4)OCO5)n[nH]3)cc2)nn1. The minimum absolute atomic E-state index is 0.0994. The maximum absolute atomic E-state index is 12.6. The molecule has 160 valence electrons. The van der Waals surface area contributed by atoms with Gasteiger partial charge >= 0.3 is 5.97 Å². The molecule has 0 atom stereocenters. The summed E-state index contributed by atoms with van der Waals surface area (Å²) in [7, 11) is 1.27. The summed E-state index contributed by atoms with van der Waals surface area (Å²) in [5, 5.41) is 17.4. The second kappa shape index (κ2) is 7.87. The third kappa shape index (κ3) is 3.62. The average molecular weight is 432 g/mol. The van der Waals surface area contributed by atoms with Crippen molar-refractivity contribution in [3.05, 3.63) is 66.1 Å². The Morgan fingerprint density at radius 1 is 1.09 bits per heavy atom. The van der Waals surface area contributed by atoms with Crippen molar-refractivity contribution in [1.29, 1.82) is 0 Å². The second-order valence-electron chi connectivity index (χ2n) is 6.78. The highest BCUT2D eigenvalue weighted by molar-refractivity contribution is 6.03. The van der Waals surface area contributed by atoms with Crippen LogP contribution >= 0.6 is 0 Å². The van der Waals surface area contributed by atoms with Crippen molar-refractivity contribution in [2.24, 2.45) is 0 Å². The Kier molecular flexibility index (Phi) is 4.75. The number of fused-ring (bicyclic) bond motifs is 1. The molecule has 0 spiro atoms. The molecule has 11 heteroatoms. The Morgan fingerprint density at radius 3 is 2.72 bits per heavy atom. The molecule has 32 heavy (non-hydrogen) atoms. The van der Waals surface area contributed by atoms with Crippen LogP contribution in [-0.4, -0.2) is 51.0 Å². The fourth-order valence-electron chi connectivity index (χ4n) is 3.13. The van der Waals surface area contributed by atoms with Gasteiger partial charge < -0.3 is 19.5 Å². The number of ether oxygens (including phenoxy) is 3. The van der Waals surface area contributed by atoms with E-state index in [-0.39, 0.29) is 18.4 Å². The van der Waals surface area contributed by atoms with Crippen LogP contribution in [0.2, 0.25) is 0 Å². The van der Waals surface area contributed by atoms with Crippen LogP contribution in [0.15, 0.2) is 54.7 Å². The molecule has 0 aliphatic carbocycles. The Bertz CT molecular complexity index is 1310. The van der Waals surface area contributed by atoms with Crippen molar-refractivity contribution in [3.8, 4) is 28.4 Å². The van der Waals surface area contributed by atoms with E-state index in [1.54, 1.807) is 36.4 Å². The van der Waals surface area contributed by atoms with Gasteiger partial charge in [-0.15, -0.1) is 5.10 Å². The fraction of sp³-hybridized carbons (Fsp3) is 0.0952. The summed E-state index contributed by atoms with van der Waals surface area (Å²) in [6, 6.07) is 14.0. The van der Waals surface area contributed by atoms with Gasteiger partial charge in [-0.05, 0) is 48.5 Å². The number of hydrogen-bond donors (Lipinski definition) is 2. The van der Waals surface area contributed by atoms with E-state index in [4.69, 9.17) is 9.47 Å². The van der Waals surface area contributed by atoms with Gasteiger partial charge in [0.05, 0.1) is 24.7 Å². The molecule has 0 radical (unpaired) electrons. The van der Waals surface area contributed by atoms with Crippen molar-refractivity contribution >= 4 is 17.6 Å². The quantitative estimate of drug-likeness (QED) is 0.460. The van der Waals surface area contributed by atoms with Crippen molar-refractivity contribution in [2.45, 2.75) is 0 Å². The highest BCUT2D eigenvalue weighted by atomic mass is 16.7. The summed E-state index contributed by atoms with van der Waals surface area (Å²) in [6.45, 7) is 0.190. The summed E-state index contributed by atoms with van der Waals surface area (Å²) < 4.78 is 16.7. The number of amides is 1. The molecule has 2 aromatic carbocycles. The predicted octanol–water partition coefficient (Wildman–Crippen LogP) is 2.42. The number of anilines is 1. The average Bonchev–Trinajstić information content (AvgIpc) is 3.59. The van der Waals surface area contributed by atoms with Crippen LogP contribution in [0.3, 0.4) is 0 Å². The Labute approximate surface area is 180 Å². The van der Waals surface area contributed by atoms with E-state index in [0.717, 1.165) is 5.56 Å². The van der Waals surface area contributed by atoms with Crippen LogP contribution < -0.4 is 14.8 Å². The number of carbonyl (C=O) groups excluding carboxylic acids is 2. The molecule has 0 unspecified atom stereocenters. The lowest BCUT2D eigenvalue weighted by atomic mass is 10.1. The number of nitrogens with zero attached hydrogens (tertiary/aromatic N) is 4. The van der Waals surface area contributed by atoms with Gasteiger partial charge in [0, 0.05) is 11.3 Å². The van der Waals surface area contributed by atoms with Gasteiger partial charge in [0.25, 0.3) is 5.91 Å². The number of methoxy groups -OCH3 is 1. The first kappa shape index (κ1) is 19.3. The standard InChI is InChI=1S/C21H16N6O5/c1-30-21(29)17-10-27(26-25-17)14-5-3-13(4-6-14)22-20(28)16-9-15(23-24-16)12-2-7-18-19(8-12)32-11-31-18/h2-10H,11H2,1H3,(H,22,28)(H,23,24). The number of carbonyl (C=O) groups is 2. The van der Waals surface area contributed by atoms with Crippen LogP contribution in [0.1, 0.15) is 21.0 Å². The van der Waals surface area contributed by atoms with E-state index in [1.165, 1.54) is 18.0 Å². The van der Waals surface area contributed by atoms with Gasteiger partial charge in [-0.2, -0.15) is 5.10 Å².